The Kier molecular flexibility index (Phi) is 12.3. The molecule has 0 spiro atoms. The Labute approximate surface area is 196 Å². The summed E-state index contributed by atoms with van der Waals surface area (Å²) in [5.41, 5.74) is 1.09. The van der Waals surface area contributed by atoms with E-state index in [0.717, 1.165) is 49.2 Å². The van der Waals surface area contributed by atoms with Gasteiger partial charge in [0.15, 0.2) is 5.96 Å². The summed E-state index contributed by atoms with van der Waals surface area (Å²) < 4.78 is 15.7. The summed E-state index contributed by atoms with van der Waals surface area (Å²) >= 11 is 0. The van der Waals surface area contributed by atoms with Crippen molar-refractivity contribution in [3.8, 4) is 11.5 Å². The summed E-state index contributed by atoms with van der Waals surface area (Å²) in [6, 6.07) is 6.22. The Morgan fingerprint density at radius 3 is 2.50 bits per heavy atom. The summed E-state index contributed by atoms with van der Waals surface area (Å²) in [5.74, 6) is 2.19. The van der Waals surface area contributed by atoms with Gasteiger partial charge in [-0.2, -0.15) is 0 Å². The molecular weight excluding hydrogens is 499 g/mol. The van der Waals surface area contributed by atoms with Gasteiger partial charge >= 0.3 is 5.97 Å². The first kappa shape index (κ1) is 26.1. The molecule has 1 atom stereocenters. The second-order valence-corrected chi connectivity index (χ2v) is 6.82. The van der Waals surface area contributed by atoms with Crippen LogP contribution in [0, 0.1) is 0 Å². The SMILES string of the molecule is CCNC(=NCCCC(=O)OCC)NC1CCN(c2cc(OC)cc(OC)c2)C1.I. The van der Waals surface area contributed by atoms with Gasteiger partial charge in [-0.15, -0.1) is 24.0 Å². The molecule has 2 rings (SSSR count). The third-order valence-corrected chi connectivity index (χ3v) is 4.69. The van der Waals surface area contributed by atoms with E-state index in [4.69, 9.17) is 14.2 Å². The molecule has 1 aliphatic heterocycles. The van der Waals surface area contributed by atoms with Gasteiger partial charge in [0.1, 0.15) is 11.5 Å². The first-order valence-corrected chi connectivity index (χ1v) is 10.3. The second-order valence-electron chi connectivity index (χ2n) is 6.82. The highest BCUT2D eigenvalue weighted by Gasteiger charge is 2.24. The Morgan fingerprint density at radius 1 is 1.20 bits per heavy atom. The molecule has 0 bridgehead atoms. The van der Waals surface area contributed by atoms with Crippen molar-refractivity contribution < 1.29 is 19.0 Å². The number of anilines is 1. The topological polar surface area (TPSA) is 84.4 Å². The molecular formula is C21H35IN4O4. The number of guanidine groups is 1. The molecule has 1 fully saturated rings. The van der Waals surface area contributed by atoms with E-state index >= 15 is 0 Å². The van der Waals surface area contributed by atoms with Crippen LogP contribution in [0.1, 0.15) is 33.1 Å². The highest BCUT2D eigenvalue weighted by Crippen LogP contribution is 2.30. The van der Waals surface area contributed by atoms with Crippen LogP contribution >= 0.6 is 24.0 Å². The van der Waals surface area contributed by atoms with E-state index in [0.29, 0.717) is 26.0 Å². The number of methoxy groups -OCH3 is 2. The number of halogens is 1. The number of aliphatic imine (C=N–C) groups is 1. The zero-order chi connectivity index (χ0) is 21.1. The zero-order valence-corrected chi connectivity index (χ0v) is 20.7. The van der Waals surface area contributed by atoms with E-state index < -0.39 is 0 Å². The van der Waals surface area contributed by atoms with Crippen LogP contribution in [-0.4, -0.2) is 65.0 Å². The van der Waals surface area contributed by atoms with Gasteiger partial charge in [0, 0.05) is 62.5 Å². The Balaban J connectivity index is 0.00000450. The summed E-state index contributed by atoms with van der Waals surface area (Å²) in [4.78, 5) is 18.3. The second kappa shape index (κ2) is 14.2. The molecule has 0 amide bonds. The number of carbonyl (C=O) groups is 1. The number of nitrogens with one attached hydrogen (secondary N) is 2. The maximum Gasteiger partial charge on any atom is 0.305 e. The van der Waals surface area contributed by atoms with Crippen LogP contribution in [0.2, 0.25) is 0 Å². The third kappa shape index (κ3) is 8.45. The molecule has 1 aliphatic rings. The van der Waals surface area contributed by atoms with Crippen LogP contribution < -0.4 is 25.0 Å². The van der Waals surface area contributed by atoms with Gasteiger partial charge in [-0.25, -0.2) is 0 Å². The van der Waals surface area contributed by atoms with Crippen LogP contribution in [0.4, 0.5) is 5.69 Å². The fourth-order valence-electron chi connectivity index (χ4n) is 3.25. The quantitative estimate of drug-likeness (QED) is 0.157. The lowest BCUT2D eigenvalue weighted by Gasteiger charge is -2.21. The predicted molar refractivity (Wildman–Crippen MR) is 131 cm³/mol. The van der Waals surface area contributed by atoms with Gasteiger partial charge in [-0.1, -0.05) is 0 Å². The van der Waals surface area contributed by atoms with Crippen LogP contribution in [0.25, 0.3) is 0 Å². The average Bonchev–Trinajstić information content (AvgIpc) is 3.19. The molecule has 0 saturated carbocycles. The molecule has 0 aromatic heterocycles. The van der Waals surface area contributed by atoms with Crippen molar-refractivity contribution in [1.82, 2.24) is 10.6 Å². The Morgan fingerprint density at radius 2 is 1.90 bits per heavy atom. The Bertz CT molecular complexity index is 665. The van der Waals surface area contributed by atoms with Gasteiger partial charge in [-0.3, -0.25) is 9.79 Å². The number of benzene rings is 1. The van der Waals surface area contributed by atoms with Crippen molar-refractivity contribution in [2.24, 2.45) is 4.99 Å². The van der Waals surface area contributed by atoms with Crippen LogP contribution in [-0.2, 0) is 9.53 Å². The minimum absolute atomic E-state index is 0. The Hall–Kier alpha value is -1.91. The standard InChI is InChI=1S/C21H34N4O4.HI/c1-5-22-21(23-10-7-8-20(26)29-6-2)24-16-9-11-25(15-16)17-12-18(27-3)14-19(13-17)28-4;/h12-14,16H,5-11,15H2,1-4H3,(H2,22,23,24);1H. The molecule has 170 valence electrons. The van der Waals surface area contributed by atoms with Crippen LogP contribution in [0.15, 0.2) is 23.2 Å². The molecule has 1 saturated heterocycles. The number of hydrogen-bond acceptors (Lipinski definition) is 6. The molecule has 9 heteroatoms. The van der Waals surface area contributed by atoms with Crippen molar-refractivity contribution in [1.29, 1.82) is 0 Å². The van der Waals surface area contributed by atoms with Gasteiger partial charge in [0.25, 0.3) is 0 Å². The van der Waals surface area contributed by atoms with Crippen molar-refractivity contribution in [3.63, 3.8) is 0 Å². The maximum atomic E-state index is 11.4. The summed E-state index contributed by atoms with van der Waals surface area (Å²) in [6.07, 6.45) is 2.08. The number of esters is 1. The number of ether oxygens (including phenoxy) is 3. The summed E-state index contributed by atoms with van der Waals surface area (Å²) in [7, 11) is 3.32. The van der Waals surface area contributed by atoms with Gasteiger partial charge in [0.05, 0.1) is 20.8 Å². The summed E-state index contributed by atoms with van der Waals surface area (Å²) in [5, 5.41) is 6.78. The van der Waals surface area contributed by atoms with Gasteiger partial charge < -0.3 is 29.7 Å². The lowest BCUT2D eigenvalue weighted by atomic mass is 10.2. The zero-order valence-electron chi connectivity index (χ0n) is 18.4. The molecule has 8 nitrogen and oxygen atoms in total. The average molecular weight is 534 g/mol. The minimum atomic E-state index is -0.166. The van der Waals surface area contributed by atoms with E-state index in [1.165, 1.54) is 0 Å². The van der Waals surface area contributed by atoms with E-state index in [-0.39, 0.29) is 36.0 Å². The molecule has 1 aromatic rings. The molecule has 1 aromatic carbocycles. The molecule has 1 heterocycles. The largest absolute Gasteiger partial charge is 0.497 e. The lowest BCUT2D eigenvalue weighted by Crippen LogP contribution is -2.44. The maximum absolute atomic E-state index is 11.4. The molecule has 2 N–H and O–H groups in total. The molecule has 1 unspecified atom stereocenters. The number of carbonyl (C=O) groups excluding carboxylic acids is 1. The van der Waals surface area contributed by atoms with E-state index in [9.17, 15) is 4.79 Å². The van der Waals surface area contributed by atoms with Crippen molar-refractivity contribution in [3.05, 3.63) is 18.2 Å². The predicted octanol–water partition coefficient (Wildman–Crippen LogP) is 2.80. The lowest BCUT2D eigenvalue weighted by molar-refractivity contribution is -0.143. The van der Waals surface area contributed by atoms with Crippen molar-refractivity contribution >= 4 is 41.6 Å². The highest BCUT2D eigenvalue weighted by molar-refractivity contribution is 14.0. The first-order chi connectivity index (χ1) is 14.1. The van der Waals surface area contributed by atoms with Gasteiger partial charge in [0.2, 0.25) is 0 Å². The normalized spacial score (nSPS) is 15.9. The van der Waals surface area contributed by atoms with E-state index in [1.54, 1.807) is 14.2 Å². The van der Waals surface area contributed by atoms with Gasteiger partial charge in [-0.05, 0) is 26.7 Å². The summed E-state index contributed by atoms with van der Waals surface area (Å²) in [6.45, 7) is 7.45. The van der Waals surface area contributed by atoms with Crippen molar-refractivity contribution in [2.75, 3.05) is 51.9 Å². The van der Waals surface area contributed by atoms with Crippen LogP contribution in [0.3, 0.4) is 0 Å². The smallest absolute Gasteiger partial charge is 0.305 e. The fraction of sp³-hybridized carbons (Fsp3) is 0.619. The molecule has 0 aliphatic carbocycles. The highest BCUT2D eigenvalue weighted by atomic mass is 127. The van der Waals surface area contributed by atoms with E-state index in [1.807, 2.05) is 32.0 Å². The van der Waals surface area contributed by atoms with E-state index in [2.05, 4.69) is 20.5 Å². The number of nitrogens with zero attached hydrogens (tertiary/aromatic N) is 2. The molecule has 30 heavy (non-hydrogen) atoms. The number of hydrogen-bond donors (Lipinski definition) is 2. The van der Waals surface area contributed by atoms with Crippen molar-refractivity contribution in [2.45, 2.75) is 39.2 Å². The fourth-order valence-corrected chi connectivity index (χ4v) is 3.25. The minimum Gasteiger partial charge on any atom is -0.497 e. The monoisotopic (exact) mass is 534 g/mol. The molecule has 0 radical (unpaired) electrons. The third-order valence-electron chi connectivity index (χ3n) is 4.69. The van der Waals surface area contributed by atoms with Crippen LogP contribution in [0.5, 0.6) is 11.5 Å². The first-order valence-electron chi connectivity index (χ1n) is 10.3. The number of rotatable bonds is 10.